The molecular weight excluding hydrogens is 318 g/mol. The Morgan fingerprint density at radius 1 is 1.00 bits per heavy atom. The van der Waals surface area contributed by atoms with E-state index in [2.05, 4.69) is 54.2 Å². The lowest BCUT2D eigenvalue weighted by atomic mass is 9.94. The minimum absolute atomic E-state index is 0. The molecule has 0 N–H and O–H groups in total. The second-order valence-electron chi connectivity index (χ2n) is 7.17. The predicted molar refractivity (Wildman–Crippen MR) is 102 cm³/mol. The van der Waals surface area contributed by atoms with Gasteiger partial charge in [0.25, 0.3) is 0 Å². The quantitative estimate of drug-likeness (QED) is 0.820. The van der Waals surface area contributed by atoms with E-state index in [1.165, 1.54) is 36.8 Å². The maximum absolute atomic E-state index is 9.38. The number of hydrogen-bond donors (Lipinski definition) is 0. The Morgan fingerprint density at radius 2 is 1.62 bits per heavy atom. The van der Waals surface area contributed by atoms with Gasteiger partial charge in [-0.05, 0) is 51.9 Å². The number of nitriles is 1. The molecule has 0 amide bonds. The maximum atomic E-state index is 9.38. The molecule has 4 heteroatoms. The molecule has 2 fully saturated rings. The lowest BCUT2D eigenvalue weighted by molar-refractivity contribution is 0.222. The summed E-state index contributed by atoms with van der Waals surface area (Å²) in [5, 5.41) is 11.7. The first-order valence-corrected chi connectivity index (χ1v) is 8.55. The van der Waals surface area contributed by atoms with Crippen molar-refractivity contribution in [2.45, 2.75) is 43.8 Å². The Balaban J connectivity index is 0.00000169. The van der Waals surface area contributed by atoms with Crippen molar-refractivity contribution < 1.29 is 0 Å². The van der Waals surface area contributed by atoms with E-state index in [9.17, 15) is 5.26 Å². The van der Waals surface area contributed by atoms with Crippen molar-refractivity contribution >= 4 is 28.9 Å². The minimum Gasteiger partial charge on any atom is -0.365 e. The number of fused-ring (bicyclic) bond motifs is 3. The molecule has 2 aromatic rings. The molecule has 2 heterocycles. The van der Waals surface area contributed by atoms with Gasteiger partial charge in [0.05, 0.1) is 11.6 Å². The van der Waals surface area contributed by atoms with Crippen molar-refractivity contribution in [2.24, 2.45) is 0 Å². The fraction of sp³-hybridized carbons (Fsp3) is 0.450. The van der Waals surface area contributed by atoms with E-state index in [-0.39, 0.29) is 12.4 Å². The number of halogens is 1. The highest BCUT2D eigenvalue weighted by Gasteiger charge is 2.41. The van der Waals surface area contributed by atoms with Crippen molar-refractivity contribution in [3.05, 3.63) is 42.0 Å². The zero-order valence-electron chi connectivity index (χ0n) is 14.3. The van der Waals surface area contributed by atoms with Crippen LogP contribution < -0.4 is 4.90 Å². The molecule has 2 unspecified atom stereocenters. The van der Waals surface area contributed by atoms with Crippen LogP contribution in [0.4, 0.5) is 5.69 Å². The summed E-state index contributed by atoms with van der Waals surface area (Å²) < 4.78 is 0. The van der Waals surface area contributed by atoms with Gasteiger partial charge in [-0.15, -0.1) is 12.4 Å². The maximum Gasteiger partial charge on any atom is 0.0998 e. The van der Waals surface area contributed by atoms with E-state index in [0.717, 1.165) is 10.9 Å². The van der Waals surface area contributed by atoms with Crippen LogP contribution in [0.1, 0.15) is 31.2 Å². The van der Waals surface area contributed by atoms with Gasteiger partial charge in [0, 0.05) is 34.6 Å². The van der Waals surface area contributed by atoms with Crippen LogP contribution in [-0.2, 0) is 0 Å². The summed E-state index contributed by atoms with van der Waals surface area (Å²) in [5.41, 5.74) is 2.10. The number of benzene rings is 2. The van der Waals surface area contributed by atoms with Crippen LogP contribution in [0.5, 0.6) is 0 Å². The molecular formula is C20H24ClN3. The molecule has 0 spiro atoms. The molecule has 0 aromatic heterocycles. The van der Waals surface area contributed by atoms with Crippen molar-refractivity contribution in [3.8, 4) is 6.07 Å². The van der Waals surface area contributed by atoms with E-state index in [1.54, 1.807) is 0 Å². The third kappa shape index (κ3) is 2.64. The standard InChI is InChI=1S/C20H23N3.ClH/c1-22(2)17-11-15-8-9-16(12-17)23(15)20-10-7-14(13-21)18-5-3-4-6-19(18)20;/h3-7,10,15-17H,8-9,11-12H2,1-2H3;1H. The van der Waals surface area contributed by atoms with E-state index < -0.39 is 0 Å². The Kier molecular flexibility index (Phi) is 4.71. The van der Waals surface area contributed by atoms with Gasteiger partial charge >= 0.3 is 0 Å². The van der Waals surface area contributed by atoms with Crippen molar-refractivity contribution in [3.63, 3.8) is 0 Å². The van der Waals surface area contributed by atoms with E-state index in [1.807, 2.05) is 12.1 Å². The van der Waals surface area contributed by atoms with Gasteiger partial charge < -0.3 is 9.80 Å². The Hall–Kier alpha value is -1.76. The number of hydrogen-bond acceptors (Lipinski definition) is 3. The molecule has 2 saturated heterocycles. The lowest BCUT2D eigenvalue weighted by Crippen LogP contribution is -2.49. The van der Waals surface area contributed by atoms with E-state index in [0.29, 0.717) is 18.1 Å². The SMILES string of the molecule is CN(C)C1CC2CCC(C1)N2c1ccc(C#N)c2ccccc12.Cl. The summed E-state index contributed by atoms with van der Waals surface area (Å²) in [6.07, 6.45) is 5.09. The van der Waals surface area contributed by atoms with Gasteiger partial charge in [0.2, 0.25) is 0 Å². The molecule has 126 valence electrons. The fourth-order valence-corrected chi connectivity index (χ4v) is 4.57. The van der Waals surface area contributed by atoms with Gasteiger partial charge in [-0.25, -0.2) is 0 Å². The summed E-state index contributed by atoms with van der Waals surface area (Å²) in [6, 6.07) is 16.8. The van der Waals surface area contributed by atoms with E-state index >= 15 is 0 Å². The van der Waals surface area contributed by atoms with Gasteiger partial charge in [-0.3, -0.25) is 0 Å². The Morgan fingerprint density at radius 3 is 2.21 bits per heavy atom. The Bertz CT molecular complexity index is 766. The number of piperidine rings is 1. The second kappa shape index (κ2) is 6.63. The van der Waals surface area contributed by atoms with Gasteiger partial charge in [-0.2, -0.15) is 5.26 Å². The first-order valence-electron chi connectivity index (χ1n) is 8.55. The van der Waals surface area contributed by atoms with Crippen LogP contribution in [0, 0.1) is 11.3 Å². The first-order chi connectivity index (χ1) is 11.2. The molecule has 2 atom stereocenters. The highest BCUT2D eigenvalue weighted by Crippen LogP contribution is 2.43. The van der Waals surface area contributed by atoms with Crippen molar-refractivity contribution in [2.75, 3.05) is 19.0 Å². The monoisotopic (exact) mass is 341 g/mol. The van der Waals surface area contributed by atoms with Crippen molar-refractivity contribution in [1.29, 1.82) is 5.26 Å². The average Bonchev–Trinajstić information content (AvgIpc) is 2.82. The highest BCUT2D eigenvalue weighted by atomic mass is 35.5. The topological polar surface area (TPSA) is 30.3 Å². The van der Waals surface area contributed by atoms with Gasteiger partial charge in [0.1, 0.15) is 0 Å². The predicted octanol–water partition coefficient (Wildman–Crippen LogP) is 4.19. The first kappa shape index (κ1) is 17.1. The number of anilines is 1. The molecule has 0 radical (unpaired) electrons. The third-order valence-corrected chi connectivity index (χ3v) is 5.74. The van der Waals surface area contributed by atoms with E-state index in [4.69, 9.17) is 0 Å². The van der Waals surface area contributed by atoms with Crippen LogP contribution in [0.3, 0.4) is 0 Å². The lowest BCUT2D eigenvalue weighted by Gasteiger charge is -2.43. The van der Waals surface area contributed by atoms with Crippen LogP contribution in [0.2, 0.25) is 0 Å². The van der Waals surface area contributed by atoms with Gasteiger partial charge in [0.15, 0.2) is 0 Å². The molecule has 24 heavy (non-hydrogen) atoms. The fourth-order valence-electron chi connectivity index (χ4n) is 4.57. The molecule has 0 saturated carbocycles. The molecule has 2 bridgehead atoms. The summed E-state index contributed by atoms with van der Waals surface area (Å²) in [4.78, 5) is 5.04. The summed E-state index contributed by atoms with van der Waals surface area (Å²) in [7, 11) is 4.41. The largest absolute Gasteiger partial charge is 0.365 e. The normalized spacial score (nSPS) is 25.6. The highest BCUT2D eigenvalue weighted by molar-refractivity contribution is 5.98. The minimum atomic E-state index is 0. The summed E-state index contributed by atoms with van der Waals surface area (Å²) in [5.74, 6) is 0. The molecule has 2 aromatic carbocycles. The van der Waals surface area contributed by atoms with Gasteiger partial charge in [-0.1, -0.05) is 24.3 Å². The third-order valence-electron chi connectivity index (χ3n) is 5.74. The Labute approximate surface area is 150 Å². The molecule has 4 rings (SSSR count). The van der Waals surface area contributed by atoms with Crippen LogP contribution in [-0.4, -0.2) is 37.1 Å². The smallest absolute Gasteiger partial charge is 0.0998 e. The molecule has 2 aliphatic heterocycles. The summed E-state index contributed by atoms with van der Waals surface area (Å²) >= 11 is 0. The molecule has 0 aliphatic carbocycles. The number of nitrogens with zero attached hydrogens (tertiary/aromatic N) is 3. The molecule has 2 aliphatic rings. The van der Waals surface area contributed by atoms with Crippen LogP contribution in [0.15, 0.2) is 36.4 Å². The van der Waals surface area contributed by atoms with Crippen LogP contribution >= 0.6 is 12.4 Å². The average molecular weight is 342 g/mol. The van der Waals surface area contributed by atoms with Crippen LogP contribution in [0.25, 0.3) is 10.8 Å². The second-order valence-corrected chi connectivity index (χ2v) is 7.17. The van der Waals surface area contributed by atoms with Crippen molar-refractivity contribution in [1.82, 2.24) is 4.90 Å². The number of rotatable bonds is 2. The molecule has 3 nitrogen and oxygen atoms in total. The zero-order valence-corrected chi connectivity index (χ0v) is 15.1. The summed E-state index contributed by atoms with van der Waals surface area (Å²) in [6.45, 7) is 0. The zero-order chi connectivity index (χ0) is 16.0.